The third kappa shape index (κ3) is 4.18. The summed E-state index contributed by atoms with van der Waals surface area (Å²) in [5, 5.41) is 9.82. The van der Waals surface area contributed by atoms with Gasteiger partial charge in [0.05, 0.1) is 17.6 Å². The summed E-state index contributed by atoms with van der Waals surface area (Å²) >= 11 is 0. The van der Waals surface area contributed by atoms with Gasteiger partial charge in [0.1, 0.15) is 6.04 Å². The number of carbonyl (C=O) groups is 2. The van der Waals surface area contributed by atoms with Crippen molar-refractivity contribution in [3.63, 3.8) is 0 Å². The Labute approximate surface area is 141 Å². The molecule has 0 radical (unpaired) electrons. The SMILES string of the molecule is CC(=O)NC(C(=O)Nc1ccc(-n2nc(C)cc2C)nc1)C(C)C. The minimum atomic E-state index is -0.585. The Kier molecular flexibility index (Phi) is 5.33. The van der Waals surface area contributed by atoms with Crippen LogP contribution in [0.15, 0.2) is 24.4 Å². The number of pyridine rings is 1. The predicted molar refractivity (Wildman–Crippen MR) is 91.9 cm³/mol. The number of hydrogen-bond donors (Lipinski definition) is 2. The van der Waals surface area contributed by atoms with E-state index in [1.807, 2.05) is 33.8 Å². The molecule has 0 fully saturated rings. The summed E-state index contributed by atoms with van der Waals surface area (Å²) in [5.41, 5.74) is 2.48. The molecule has 2 N–H and O–H groups in total. The molecule has 0 aliphatic rings. The lowest BCUT2D eigenvalue weighted by atomic mass is 10.0. The van der Waals surface area contributed by atoms with Crippen LogP contribution in [0.3, 0.4) is 0 Å². The molecule has 2 rings (SSSR count). The van der Waals surface area contributed by atoms with Gasteiger partial charge in [-0.15, -0.1) is 0 Å². The van der Waals surface area contributed by atoms with E-state index in [9.17, 15) is 9.59 Å². The van der Waals surface area contributed by atoms with E-state index in [0.29, 0.717) is 11.5 Å². The summed E-state index contributed by atoms with van der Waals surface area (Å²) in [6.07, 6.45) is 1.58. The van der Waals surface area contributed by atoms with Crippen molar-refractivity contribution in [3.8, 4) is 5.82 Å². The van der Waals surface area contributed by atoms with Gasteiger partial charge in [0.25, 0.3) is 0 Å². The lowest BCUT2D eigenvalue weighted by Gasteiger charge is -2.20. The Balaban J connectivity index is 2.12. The van der Waals surface area contributed by atoms with Crippen molar-refractivity contribution in [1.82, 2.24) is 20.1 Å². The molecule has 24 heavy (non-hydrogen) atoms. The fraction of sp³-hybridized carbons (Fsp3) is 0.412. The van der Waals surface area contributed by atoms with E-state index in [-0.39, 0.29) is 17.7 Å². The highest BCUT2D eigenvalue weighted by molar-refractivity contribution is 5.97. The lowest BCUT2D eigenvalue weighted by molar-refractivity contribution is -0.126. The van der Waals surface area contributed by atoms with Gasteiger partial charge in [-0.3, -0.25) is 9.59 Å². The second kappa shape index (κ2) is 7.25. The zero-order chi connectivity index (χ0) is 17.9. The van der Waals surface area contributed by atoms with Gasteiger partial charge in [0.2, 0.25) is 11.8 Å². The van der Waals surface area contributed by atoms with E-state index in [0.717, 1.165) is 11.4 Å². The van der Waals surface area contributed by atoms with Crippen LogP contribution < -0.4 is 10.6 Å². The quantitative estimate of drug-likeness (QED) is 0.878. The van der Waals surface area contributed by atoms with Crippen molar-refractivity contribution in [2.45, 2.75) is 40.7 Å². The lowest BCUT2D eigenvalue weighted by Crippen LogP contribution is -2.46. The van der Waals surface area contributed by atoms with Crippen LogP contribution in [0.5, 0.6) is 0 Å². The average molecular weight is 329 g/mol. The number of anilines is 1. The molecule has 2 aromatic rings. The molecule has 0 aromatic carbocycles. The molecular formula is C17H23N5O2. The van der Waals surface area contributed by atoms with Crippen LogP contribution in [0, 0.1) is 19.8 Å². The minimum absolute atomic E-state index is 0.0177. The van der Waals surface area contributed by atoms with Gasteiger partial charge >= 0.3 is 0 Å². The predicted octanol–water partition coefficient (Wildman–Crippen LogP) is 1.98. The molecule has 2 aromatic heterocycles. The highest BCUT2D eigenvalue weighted by atomic mass is 16.2. The number of hydrogen-bond acceptors (Lipinski definition) is 4. The first-order valence-corrected chi connectivity index (χ1v) is 7.85. The summed E-state index contributed by atoms with van der Waals surface area (Å²) in [6, 6.07) is 4.94. The Morgan fingerprint density at radius 2 is 1.92 bits per heavy atom. The molecule has 7 nitrogen and oxygen atoms in total. The van der Waals surface area contributed by atoms with E-state index in [1.54, 1.807) is 23.0 Å². The smallest absolute Gasteiger partial charge is 0.247 e. The number of nitrogens with zero attached hydrogens (tertiary/aromatic N) is 3. The van der Waals surface area contributed by atoms with Gasteiger partial charge in [-0.05, 0) is 38.0 Å². The first kappa shape index (κ1) is 17.7. The number of amides is 2. The summed E-state index contributed by atoms with van der Waals surface area (Å²) in [7, 11) is 0. The Hall–Kier alpha value is -2.70. The third-order valence-corrected chi connectivity index (χ3v) is 3.55. The first-order valence-electron chi connectivity index (χ1n) is 7.85. The molecule has 2 amide bonds. The number of rotatable bonds is 5. The number of aromatic nitrogens is 3. The van der Waals surface area contributed by atoms with Crippen molar-refractivity contribution < 1.29 is 9.59 Å². The van der Waals surface area contributed by atoms with Gasteiger partial charge in [0.15, 0.2) is 5.82 Å². The Bertz CT molecular complexity index is 734. The van der Waals surface area contributed by atoms with Gasteiger partial charge in [-0.1, -0.05) is 13.8 Å². The van der Waals surface area contributed by atoms with E-state index < -0.39 is 6.04 Å². The number of nitrogens with one attached hydrogen (secondary N) is 2. The Morgan fingerprint density at radius 1 is 1.21 bits per heavy atom. The van der Waals surface area contributed by atoms with E-state index in [4.69, 9.17) is 0 Å². The second-order valence-electron chi connectivity index (χ2n) is 6.16. The maximum Gasteiger partial charge on any atom is 0.247 e. The van der Waals surface area contributed by atoms with Crippen LogP contribution in [0.25, 0.3) is 5.82 Å². The monoisotopic (exact) mass is 329 g/mol. The van der Waals surface area contributed by atoms with Crippen LogP contribution in [0.4, 0.5) is 5.69 Å². The highest BCUT2D eigenvalue weighted by Gasteiger charge is 2.23. The molecule has 0 aliphatic heterocycles. The van der Waals surface area contributed by atoms with Gasteiger partial charge < -0.3 is 10.6 Å². The highest BCUT2D eigenvalue weighted by Crippen LogP contribution is 2.13. The molecule has 0 spiro atoms. The summed E-state index contributed by atoms with van der Waals surface area (Å²) in [5.74, 6) is 0.166. The number of aryl methyl sites for hydroxylation is 2. The maximum atomic E-state index is 12.3. The van der Waals surface area contributed by atoms with Gasteiger partial charge in [-0.2, -0.15) is 5.10 Å². The normalized spacial score (nSPS) is 12.1. The van der Waals surface area contributed by atoms with Crippen LogP contribution in [-0.2, 0) is 9.59 Å². The number of carbonyl (C=O) groups excluding carboxylic acids is 2. The van der Waals surface area contributed by atoms with Crippen molar-refractivity contribution in [2.75, 3.05) is 5.32 Å². The fourth-order valence-electron chi connectivity index (χ4n) is 2.42. The van der Waals surface area contributed by atoms with Crippen LogP contribution in [-0.4, -0.2) is 32.6 Å². The Morgan fingerprint density at radius 3 is 2.38 bits per heavy atom. The molecule has 1 unspecified atom stereocenters. The van der Waals surface area contributed by atoms with E-state index >= 15 is 0 Å². The molecule has 0 bridgehead atoms. The summed E-state index contributed by atoms with van der Waals surface area (Å²) in [4.78, 5) is 27.9. The molecule has 0 saturated carbocycles. The summed E-state index contributed by atoms with van der Waals surface area (Å²) < 4.78 is 1.75. The molecule has 2 heterocycles. The van der Waals surface area contributed by atoms with Gasteiger partial charge in [0, 0.05) is 12.6 Å². The maximum absolute atomic E-state index is 12.3. The molecule has 1 atom stereocenters. The minimum Gasteiger partial charge on any atom is -0.344 e. The third-order valence-electron chi connectivity index (χ3n) is 3.55. The molecule has 7 heteroatoms. The average Bonchev–Trinajstić information content (AvgIpc) is 2.83. The zero-order valence-corrected chi connectivity index (χ0v) is 14.6. The van der Waals surface area contributed by atoms with E-state index in [1.165, 1.54) is 6.92 Å². The largest absolute Gasteiger partial charge is 0.344 e. The first-order chi connectivity index (χ1) is 11.3. The molecular weight excluding hydrogens is 306 g/mol. The molecule has 128 valence electrons. The van der Waals surface area contributed by atoms with Crippen molar-refractivity contribution in [3.05, 3.63) is 35.8 Å². The second-order valence-corrected chi connectivity index (χ2v) is 6.16. The van der Waals surface area contributed by atoms with Crippen molar-refractivity contribution in [2.24, 2.45) is 5.92 Å². The standard InChI is InChI=1S/C17H23N5O2/c1-10(2)16(19-13(5)23)17(24)20-14-6-7-15(18-9-14)22-12(4)8-11(3)21-22/h6-10,16H,1-5H3,(H,19,23)(H,20,24). The van der Waals surface area contributed by atoms with Crippen LogP contribution in [0.2, 0.25) is 0 Å². The van der Waals surface area contributed by atoms with Crippen molar-refractivity contribution >= 4 is 17.5 Å². The molecule has 0 saturated heterocycles. The van der Waals surface area contributed by atoms with Crippen molar-refractivity contribution in [1.29, 1.82) is 0 Å². The fourth-order valence-corrected chi connectivity index (χ4v) is 2.42. The summed E-state index contributed by atoms with van der Waals surface area (Å²) in [6.45, 7) is 9.03. The zero-order valence-electron chi connectivity index (χ0n) is 14.6. The molecule has 0 aliphatic carbocycles. The van der Waals surface area contributed by atoms with E-state index in [2.05, 4.69) is 20.7 Å². The topological polar surface area (TPSA) is 88.9 Å². The van der Waals surface area contributed by atoms with Gasteiger partial charge in [-0.25, -0.2) is 9.67 Å². The van der Waals surface area contributed by atoms with Crippen LogP contribution >= 0.6 is 0 Å². The van der Waals surface area contributed by atoms with Crippen LogP contribution in [0.1, 0.15) is 32.2 Å².